The molecule has 1 aliphatic heterocycles. The zero-order valence-corrected chi connectivity index (χ0v) is 16.4. The molecule has 1 saturated heterocycles. The summed E-state index contributed by atoms with van der Waals surface area (Å²) < 4.78 is 5.24. The van der Waals surface area contributed by atoms with E-state index in [-0.39, 0.29) is 23.7 Å². The molecule has 1 aromatic carbocycles. The molecule has 1 amide bonds. The third kappa shape index (κ3) is 3.66. The first kappa shape index (κ1) is 18.6. The maximum Gasteiger partial charge on any atom is 0.264 e. The van der Waals surface area contributed by atoms with Gasteiger partial charge in [0, 0.05) is 25.0 Å². The summed E-state index contributed by atoms with van der Waals surface area (Å²) in [6.07, 6.45) is 0. The Morgan fingerprint density at radius 2 is 1.73 bits per heavy atom. The lowest BCUT2D eigenvalue weighted by atomic mass is 9.93. The second kappa shape index (κ2) is 7.60. The van der Waals surface area contributed by atoms with Crippen LogP contribution in [0.5, 0.6) is 5.75 Å². The molecule has 0 radical (unpaired) electrons. The third-order valence-corrected chi connectivity index (χ3v) is 6.12. The molecule has 26 heavy (non-hydrogen) atoms. The predicted octanol–water partition coefficient (Wildman–Crippen LogP) is 3.13. The van der Waals surface area contributed by atoms with E-state index in [4.69, 9.17) is 4.74 Å². The van der Waals surface area contributed by atoms with Crippen LogP contribution in [0.25, 0.3) is 0 Å². The van der Waals surface area contributed by atoms with Crippen LogP contribution >= 0.6 is 11.3 Å². The summed E-state index contributed by atoms with van der Waals surface area (Å²) >= 11 is 1.28. The normalized spacial score (nSPS) is 19.8. The van der Waals surface area contributed by atoms with Crippen molar-refractivity contribution in [2.24, 2.45) is 0 Å². The summed E-state index contributed by atoms with van der Waals surface area (Å²) in [7, 11) is 5.76. The van der Waals surface area contributed by atoms with E-state index < -0.39 is 0 Å². The SMILES string of the molecule is COc1ccc([C@@H]2CN(C(=O)c3ccc(C(C)=O)s3)C[C@H]2N(C)C)cc1. The topological polar surface area (TPSA) is 49.9 Å². The minimum absolute atomic E-state index is 0.00208. The van der Waals surface area contributed by atoms with Crippen molar-refractivity contribution in [1.29, 1.82) is 0 Å². The van der Waals surface area contributed by atoms with Gasteiger partial charge in [0.2, 0.25) is 0 Å². The molecule has 6 heteroatoms. The molecular formula is C20H24N2O3S. The number of ether oxygens (including phenoxy) is 1. The number of carbonyl (C=O) groups is 2. The number of ketones is 1. The van der Waals surface area contributed by atoms with E-state index >= 15 is 0 Å². The maximum atomic E-state index is 12.9. The van der Waals surface area contributed by atoms with Gasteiger partial charge in [-0.15, -0.1) is 11.3 Å². The number of rotatable bonds is 5. The summed E-state index contributed by atoms with van der Waals surface area (Å²) in [5.41, 5.74) is 1.20. The van der Waals surface area contributed by atoms with Crippen LogP contribution in [0.4, 0.5) is 0 Å². The van der Waals surface area contributed by atoms with Crippen LogP contribution in [0.2, 0.25) is 0 Å². The van der Waals surface area contributed by atoms with Gasteiger partial charge in [0.1, 0.15) is 5.75 Å². The average molecular weight is 372 g/mol. The first-order valence-electron chi connectivity index (χ1n) is 8.61. The number of likely N-dealkylation sites (tertiary alicyclic amines) is 1. The molecule has 2 heterocycles. The van der Waals surface area contributed by atoms with Gasteiger partial charge in [0.05, 0.1) is 16.9 Å². The first-order chi connectivity index (χ1) is 12.4. The van der Waals surface area contributed by atoms with Crippen molar-refractivity contribution in [3.8, 4) is 5.75 Å². The molecule has 5 nitrogen and oxygen atoms in total. The van der Waals surface area contributed by atoms with Gasteiger partial charge in [0.25, 0.3) is 5.91 Å². The summed E-state index contributed by atoms with van der Waals surface area (Å²) in [5.74, 6) is 1.08. The first-order valence-corrected chi connectivity index (χ1v) is 9.42. The summed E-state index contributed by atoms with van der Waals surface area (Å²) in [6, 6.07) is 11.8. The molecule has 2 aromatic rings. The Bertz CT molecular complexity index is 798. The van der Waals surface area contributed by atoms with Crippen LogP contribution in [-0.4, -0.2) is 61.8 Å². The number of Topliss-reactive ketones (excluding diaryl/α,β-unsaturated/α-hetero) is 1. The Labute approximate surface area is 158 Å². The largest absolute Gasteiger partial charge is 0.497 e. The van der Waals surface area contributed by atoms with Gasteiger partial charge in [-0.1, -0.05) is 12.1 Å². The third-order valence-electron chi connectivity index (χ3n) is 4.95. The second-order valence-electron chi connectivity index (χ2n) is 6.84. The molecule has 1 fully saturated rings. The molecule has 0 saturated carbocycles. The van der Waals surface area contributed by atoms with Crippen molar-refractivity contribution < 1.29 is 14.3 Å². The van der Waals surface area contributed by atoms with Crippen LogP contribution in [0, 0.1) is 0 Å². The Hall–Kier alpha value is -2.18. The van der Waals surface area contributed by atoms with E-state index in [9.17, 15) is 9.59 Å². The van der Waals surface area contributed by atoms with Gasteiger partial charge in [-0.3, -0.25) is 9.59 Å². The van der Waals surface area contributed by atoms with E-state index in [1.165, 1.54) is 23.8 Å². The molecule has 1 aromatic heterocycles. The molecule has 1 aliphatic rings. The smallest absolute Gasteiger partial charge is 0.264 e. The number of likely N-dealkylation sites (N-methyl/N-ethyl adjacent to an activating group) is 1. The number of nitrogens with zero attached hydrogens (tertiary/aromatic N) is 2. The highest BCUT2D eigenvalue weighted by Crippen LogP contribution is 2.33. The highest BCUT2D eigenvalue weighted by Gasteiger charge is 2.38. The fraction of sp³-hybridized carbons (Fsp3) is 0.400. The van der Waals surface area contributed by atoms with Gasteiger partial charge in [-0.2, -0.15) is 0 Å². The number of hydrogen-bond acceptors (Lipinski definition) is 5. The quantitative estimate of drug-likeness (QED) is 0.757. The van der Waals surface area contributed by atoms with E-state index in [1.807, 2.05) is 31.1 Å². The lowest BCUT2D eigenvalue weighted by Gasteiger charge is -2.25. The molecule has 138 valence electrons. The van der Waals surface area contributed by atoms with Crippen molar-refractivity contribution in [3.63, 3.8) is 0 Å². The standard InChI is InChI=1S/C20H24N2O3S/c1-13(23)18-9-10-19(26-18)20(24)22-11-16(17(12-22)21(2)3)14-5-7-15(25-4)8-6-14/h5-10,16-17H,11-12H2,1-4H3/t16-,17+/m0/s1. The van der Waals surface area contributed by atoms with Crippen LogP contribution in [0.1, 0.15) is 37.7 Å². The van der Waals surface area contributed by atoms with Gasteiger partial charge in [0.15, 0.2) is 5.78 Å². The molecule has 0 spiro atoms. The molecular weight excluding hydrogens is 348 g/mol. The van der Waals surface area contributed by atoms with E-state index in [0.717, 1.165) is 5.75 Å². The molecule has 0 unspecified atom stereocenters. The Kier molecular flexibility index (Phi) is 5.44. The predicted molar refractivity (Wildman–Crippen MR) is 103 cm³/mol. The molecule has 0 N–H and O–H groups in total. The summed E-state index contributed by atoms with van der Waals surface area (Å²) in [5, 5.41) is 0. The fourth-order valence-electron chi connectivity index (χ4n) is 3.45. The minimum Gasteiger partial charge on any atom is -0.497 e. The minimum atomic E-state index is -0.00208. The number of benzene rings is 1. The van der Waals surface area contributed by atoms with Crippen molar-refractivity contribution >= 4 is 23.0 Å². The van der Waals surface area contributed by atoms with E-state index in [2.05, 4.69) is 17.0 Å². The number of amides is 1. The van der Waals surface area contributed by atoms with Gasteiger partial charge in [-0.05, 0) is 50.8 Å². The lowest BCUT2D eigenvalue weighted by molar-refractivity contribution is 0.0787. The van der Waals surface area contributed by atoms with E-state index in [1.54, 1.807) is 19.2 Å². The zero-order chi connectivity index (χ0) is 18.8. The van der Waals surface area contributed by atoms with E-state index in [0.29, 0.717) is 22.8 Å². The van der Waals surface area contributed by atoms with Crippen molar-refractivity contribution in [2.75, 3.05) is 34.3 Å². The monoisotopic (exact) mass is 372 g/mol. The van der Waals surface area contributed by atoms with Crippen LogP contribution in [-0.2, 0) is 0 Å². The Balaban J connectivity index is 1.81. The fourth-order valence-corrected chi connectivity index (χ4v) is 4.32. The van der Waals surface area contributed by atoms with Gasteiger partial charge in [-0.25, -0.2) is 0 Å². The molecule has 0 aliphatic carbocycles. The molecule has 0 bridgehead atoms. The summed E-state index contributed by atoms with van der Waals surface area (Å²) in [6.45, 7) is 2.87. The van der Waals surface area contributed by atoms with Crippen molar-refractivity contribution in [2.45, 2.75) is 18.9 Å². The second-order valence-corrected chi connectivity index (χ2v) is 7.92. The Morgan fingerprint density at radius 3 is 2.27 bits per heavy atom. The number of methoxy groups -OCH3 is 1. The highest BCUT2D eigenvalue weighted by atomic mass is 32.1. The van der Waals surface area contributed by atoms with Crippen LogP contribution < -0.4 is 4.74 Å². The van der Waals surface area contributed by atoms with Gasteiger partial charge >= 0.3 is 0 Å². The average Bonchev–Trinajstić information content (AvgIpc) is 3.29. The Morgan fingerprint density at radius 1 is 1.08 bits per heavy atom. The van der Waals surface area contributed by atoms with Crippen molar-refractivity contribution in [3.05, 3.63) is 51.7 Å². The zero-order valence-electron chi connectivity index (χ0n) is 15.6. The van der Waals surface area contributed by atoms with Crippen LogP contribution in [0.15, 0.2) is 36.4 Å². The maximum absolute atomic E-state index is 12.9. The molecule has 3 rings (SSSR count). The molecule has 2 atom stereocenters. The van der Waals surface area contributed by atoms with Gasteiger partial charge < -0.3 is 14.5 Å². The summed E-state index contributed by atoms with van der Waals surface area (Å²) in [4.78, 5) is 29.7. The highest BCUT2D eigenvalue weighted by molar-refractivity contribution is 7.15. The van der Waals surface area contributed by atoms with Crippen molar-refractivity contribution in [1.82, 2.24) is 9.80 Å². The number of carbonyl (C=O) groups excluding carboxylic acids is 2. The lowest BCUT2D eigenvalue weighted by Crippen LogP contribution is -2.35. The number of thiophene rings is 1. The van der Waals surface area contributed by atoms with Crippen LogP contribution in [0.3, 0.4) is 0 Å². The number of hydrogen-bond donors (Lipinski definition) is 0.